The zero-order valence-corrected chi connectivity index (χ0v) is 17.8. The van der Waals surface area contributed by atoms with Crippen LogP contribution in [0.3, 0.4) is 0 Å². The largest absolute Gasteiger partial charge is 0.573 e. The molecular weight excluding hydrogens is 494 g/mol. The molecule has 8 nitrogen and oxygen atoms in total. The molecule has 0 amide bonds. The number of rotatable bonds is 7. The molecule has 2 aromatic carbocycles. The van der Waals surface area contributed by atoms with Crippen molar-refractivity contribution in [3.63, 3.8) is 0 Å². The van der Waals surface area contributed by atoms with Crippen molar-refractivity contribution in [1.82, 2.24) is 19.9 Å². The van der Waals surface area contributed by atoms with Gasteiger partial charge in [0, 0.05) is 23.5 Å². The summed E-state index contributed by atoms with van der Waals surface area (Å²) < 4.78 is 81.5. The van der Waals surface area contributed by atoms with E-state index in [1.54, 1.807) is 12.1 Å². The van der Waals surface area contributed by atoms with E-state index in [0.29, 0.717) is 34.4 Å². The molecule has 186 valence electrons. The maximum atomic E-state index is 12.3. The number of nitrogens with one attached hydrogen (secondary N) is 2. The lowest BCUT2D eigenvalue weighted by molar-refractivity contribution is -0.275. The molecule has 14 heteroatoms. The second-order valence-corrected chi connectivity index (χ2v) is 6.97. The van der Waals surface area contributed by atoms with Crippen LogP contribution in [0.5, 0.6) is 11.5 Å². The van der Waals surface area contributed by atoms with Gasteiger partial charge >= 0.3 is 12.7 Å². The number of hydrogen-bond acceptors (Lipinski definition) is 8. The van der Waals surface area contributed by atoms with Gasteiger partial charge in [0.15, 0.2) is 0 Å². The van der Waals surface area contributed by atoms with Crippen molar-refractivity contribution < 1.29 is 35.8 Å². The number of halogens is 6. The van der Waals surface area contributed by atoms with Gasteiger partial charge in [-0.3, -0.25) is 0 Å². The minimum absolute atomic E-state index is 0.345. The van der Waals surface area contributed by atoms with E-state index in [1.807, 2.05) is 0 Å². The van der Waals surface area contributed by atoms with E-state index in [4.69, 9.17) is 0 Å². The van der Waals surface area contributed by atoms with Gasteiger partial charge in [-0.15, -0.1) is 26.3 Å². The van der Waals surface area contributed by atoms with E-state index in [9.17, 15) is 26.3 Å². The number of alkyl halides is 6. The van der Waals surface area contributed by atoms with Gasteiger partial charge in [0.1, 0.15) is 35.8 Å². The normalized spacial score (nSPS) is 11.6. The van der Waals surface area contributed by atoms with Crippen LogP contribution >= 0.6 is 0 Å². The van der Waals surface area contributed by atoms with Crippen LogP contribution in [-0.4, -0.2) is 32.7 Å². The summed E-state index contributed by atoms with van der Waals surface area (Å²) in [7, 11) is 0. The van der Waals surface area contributed by atoms with Crippen LogP contribution in [-0.2, 0) is 0 Å². The topological polar surface area (TPSA) is 94.1 Å². The first-order valence-electron chi connectivity index (χ1n) is 9.93. The highest BCUT2D eigenvalue weighted by atomic mass is 19.4. The smallest absolute Gasteiger partial charge is 0.406 e. The molecule has 0 spiro atoms. The van der Waals surface area contributed by atoms with Gasteiger partial charge in [-0.1, -0.05) is 0 Å². The van der Waals surface area contributed by atoms with Crippen molar-refractivity contribution in [3.05, 3.63) is 73.3 Å². The molecule has 0 fully saturated rings. The summed E-state index contributed by atoms with van der Waals surface area (Å²) in [6.45, 7) is 0. The highest BCUT2D eigenvalue weighted by molar-refractivity contribution is 5.66. The van der Waals surface area contributed by atoms with Gasteiger partial charge in [0.2, 0.25) is 0 Å². The molecular formula is C22H14F6N6O2. The van der Waals surface area contributed by atoms with Crippen LogP contribution in [0.4, 0.5) is 49.4 Å². The number of aromatic nitrogens is 4. The van der Waals surface area contributed by atoms with Crippen LogP contribution in [0.15, 0.2) is 73.3 Å². The quantitative estimate of drug-likeness (QED) is 0.284. The van der Waals surface area contributed by atoms with Crippen molar-refractivity contribution in [3.8, 4) is 22.9 Å². The zero-order chi connectivity index (χ0) is 25.8. The Morgan fingerprint density at radius 3 is 1.22 bits per heavy atom. The Morgan fingerprint density at radius 2 is 0.889 bits per heavy atom. The summed E-state index contributed by atoms with van der Waals surface area (Å²) in [5, 5.41) is 5.88. The molecule has 0 saturated heterocycles. The van der Waals surface area contributed by atoms with E-state index in [0.717, 1.165) is 24.3 Å². The number of anilines is 4. The maximum absolute atomic E-state index is 12.3. The molecule has 36 heavy (non-hydrogen) atoms. The average Bonchev–Trinajstić information content (AvgIpc) is 2.80. The lowest BCUT2D eigenvalue weighted by atomic mass is 10.2. The molecule has 0 saturated carbocycles. The molecule has 0 atom stereocenters. The Balaban J connectivity index is 1.45. The monoisotopic (exact) mass is 508 g/mol. The van der Waals surface area contributed by atoms with Gasteiger partial charge in [0.05, 0.1) is 11.4 Å². The van der Waals surface area contributed by atoms with E-state index in [-0.39, 0.29) is 11.5 Å². The predicted molar refractivity (Wildman–Crippen MR) is 116 cm³/mol. The first-order valence-corrected chi connectivity index (χ1v) is 9.93. The Morgan fingerprint density at radius 1 is 0.528 bits per heavy atom. The Labute approximate surface area is 199 Å². The van der Waals surface area contributed by atoms with Crippen molar-refractivity contribution in [1.29, 1.82) is 0 Å². The maximum Gasteiger partial charge on any atom is 0.573 e. The zero-order valence-electron chi connectivity index (χ0n) is 17.8. The molecule has 2 aromatic heterocycles. The molecule has 0 unspecified atom stereocenters. The third kappa shape index (κ3) is 7.19. The van der Waals surface area contributed by atoms with E-state index < -0.39 is 12.7 Å². The molecule has 2 heterocycles. The van der Waals surface area contributed by atoms with Gasteiger partial charge in [-0.05, 0) is 48.5 Å². The van der Waals surface area contributed by atoms with Crippen LogP contribution in [0, 0.1) is 0 Å². The SMILES string of the molecule is FC(F)(F)Oc1ccc(Nc2cc(-c3cc(Nc4ccc(OC(F)(F)F)cc4)ncn3)ncn2)cc1. The van der Waals surface area contributed by atoms with Crippen molar-refractivity contribution >= 4 is 23.0 Å². The number of benzene rings is 2. The fourth-order valence-electron chi connectivity index (χ4n) is 2.91. The second kappa shape index (κ2) is 9.93. The van der Waals surface area contributed by atoms with Crippen molar-refractivity contribution in [2.75, 3.05) is 10.6 Å². The highest BCUT2D eigenvalue weighted by Crippen LogP contribution is 2.27. The van der Waals surface area contributed by atoms with Gasteiger partial charge < -0.3 is 20.1 Å². The minimum Gasteiger partial charge on any atom is -0.406 e. The average molecular weight is 508 g/mol. The lowest BCUT2D eigenvalue weighted by Crippen LogP contribution is -2.17. The van der Waals surface area contributed by atoms with Crippen LogP contribution in [0.2, 0.25) is 0 Å². The molecule has 0 aliphatic carbocycles. The Hall–Kier alpha value is -4.62. The number of hydrogen-bond donors (Lipinski definition) is 2. The summed E-state index contributed by atoms with van der Waals surface area (Å²) in [5.41, 5.74) is 1.72. The fourth-order valence-corrected chi connectivity index (χ4v) is 2.91. The summed E-state index contributed by atoms with van der Waals surface area (Å²) in [4.78, 5) is 16.5. The third-order valence-electron chi connectivity index (χ3n) is 4.32. The Bertz CT molecular complexity index is 1210. The van der Waals surface area contributed by atoms with Crippen LogP contribution < -0.4 is 20.1 Å². The summed E-state index contributed by atoms with van der Waals surface area (Å²) in [5.74, 6) is -0.0318. The number of ether oxygens (including phenoxy) is 2. The molecule has 2 N–H and O–H groups in total. The summed E-state index contributed by atoms with van der Waals surface area (Å²) >= 11 is 0. The van der Waals surface area contributed by atoms with Gasteiger partial charge in [0.25, 0.3) is 0 Å². The summed E-state index contributed by atoms with van der Waals surface area (Å²) in [6, 6.07) is 13.3. The molecule has 0 bridgehead atoms. The first kappa shape index (κ1) is 24.5. The minimum atomic E-state index is -4.78. The second-order valence-electron chi connectivity index (χ2n) is 6.97. The third-order valence-corrected chi connectivity index (χ3v) is 4.32. The standard InChI is InChI=1S/C22H14F6N6O2/c23-21(24,25)35-15-5-1-13(2-6-15)33-19-9-17(29-11-31-19)18-10-20(32-12-30-18)34-14-3-7-16(8-4-14)36-22(26,27)28/h1-12H,(H,29,31,33)(H,30,32,34). The van der Waals surface area contributed by atoms with Crippen molar-refractivity contribution in [2.45, 2.75) is 12.7 Å². The van der Waals surface area contributed by atoms with Crippen molar-refractivity contribution in [2.24, 2.45) is 0 Å². The highest BCUT2D eigenvalue weighted by Gasteiger charge is 2.31. The van der Waals surface area contributed by atoms with E-state index in [2.05, 4.69) is 40.0 Å². The molecule has 4 rings (SSSR count). The van der Waals surface area contributed by atoms with Crippen LogP contribution in [0.25, 0.3) is 11.4 Å². The van der Waals surface area contributed by atoms with Gasteiger partial charge in [-0.25, -0.2) is 19.9 Å². The number of nitrogens with zero attached hydrogens (tertiary/aromatic N) is 4. The molecule has 0 aliphatic rings. The van der Waals surface area contributed by atoms with E-state index in [1.165, 1.54) is 36.9 Å². The predicted octanol–water partition coefficient (Wildman–Crippen LogP) is 6.22. The molecule has 4 aromatic rings. The van der Waals surface area contributed by atoms with Gasteiger partial charge in [-0.2, -0.15) is 0 Å². The van der Waals surface area contributed by atoms with E-state index >= 15 is 0 Å². The first-order chi connectivity index (χ1) is 17.0. The Kier molecular flexibility index (Phi) is 6.76. The molecule has 0 radical (unpaired) electrons. The fraction of sp³-hybridized carbons (Fsp3) is 0.0909. The summed E-state index contributed by atoms with van der Waals surface area (Å²) in [6.07, 6.45) is -7.03. The van der Waals surface area contributed by atoms with Crippen LogP contribution in [0.1, 0.15) is 0 Å². The molecule has 0 aliphatic heterocycles. The lowest BCUT2D eigenvalue weighted by Gasteiger charge is -2.11.